The first kappa shape index (κ1) is 21.6. The number of hydrogen-bond acceptors (Lipinski definition) is 6. The molecule has 0 radical (unpaired) electrons. The first-order chi connectivity index (χ1) is 16.0. The van der Waals surface area contributed by atoms with Crippen LogP contribution in [0.4, 0.5) is 4.39 Å². The number of ether oxygens (including phenoxy) is 2. The molecule has 0 spiro atoms. The number of fused-ring (bicyclic) bond motifs is 1. The Bertz CT molecular complexity index is 1190. The SMILES string of the molecule is COc1ncc(-n2nc(-c3cnn(C(C)C4CC(=O)N(C)C4)c3)c3c2CCOCC3)cc1F. The van der Waals surface area contributed by atoms with Gasteiger partial charge in [0.15, 0.2) is 5.82 Å². The van der Waals surface area contributed by atoms with E-state index < -0.39 is 5.82 Å². The fraction of sp³-hybridized carbons (Fsp3) is 0.478. The topological polar surface area (TPSA) is 87.3 Å². The van der Waals surface area contributed by atoms with Crippen molar-refractivity contribution in [2.75, 3.05) is 33.9 Å². The van der Waals surface area contributed by atoms with Gasteiger partial charge >= 0.3 is 0 Å². The largest absolute Gasteiger partial charge is 0.479 e. The van der Waals surface area contributed by atoms with Gasteiger partial charge in [0, 0.05) is 55.7 Å². The molecule has 0 saturated carbocycles. The number of carbonyl (C=O) groups excluding carboxylic acids is 1. The van der Waals surface area contributed by atoms with Crippen LogP contribution in [0, 0.1) is 11.7 Å². The Morgan fingerprint density at radius 3 is 2.82 bits per heavy atom. The Kier molecular flexibility index (Phi) is 5.61. The van der Waals surface area contributed by atoms with Gasteiger partial charge in [-0.05, 0) is 13.3 Å². The van der Waals surface area contributed by atoms with Gasteiger partial charge in [0.2, 0.25) is 11.8 Å². The second-order valence-corrected chi connectivity index (χ2v) is 8.67. The van der Waals surface area contributed by atoms with E-state index in [0.29, 0.717) is 38.2 Å². The number of carbonyl (C=O) groups is 1. The lowest BCUT2D eigenvalue weighted by molar-refractivity contribution is -0.126. The summed E-state index contributed by atoms with van der Waals surface area (Å²) in [7, 11) is 3.23. The molecule has 174 valence electrons. The van der Waals surface area contributed by atoms with Crippen LogP contribution in [0.3, 0.4) is 0 Å². The number of likely N-dealkylation sites (tertiary alicyclic amines) is 1. The molecule has 2 atom stereocenters. The Morgan fingerprint density at radius 2 is 2.09 bits per heavy atom. The van der Waals surface area contributed by atoms with Crippen LogP contribution in [0.5, 0.6) is 5.88 Å². The van der Waals surface area contributed by atoms with Crippen LogP contribution in [0.1, 0.15) is 30.6 Å². The highest BCUT2D eigenvalue weighted by Crippen LogP contribution is 2.33. The molecule has 2 unspecified atom stereocenters. The van der Waals surface area contributed by atoms with Crippen molar-refractivity contribution in [3.63, 3.8) is 0 Å². The van der Waals surface area contributed by atoms with Gasteiger partial charge in [0.1, 0.15) is 0 Å². The van der Waals surface area contributed by atoms with Crippen LogP contribution in [0.2, 0.25) is 0 Å². The van der Waals surface area contributed by atoms with Crippen molar-refractivity contribution in [2.24, 2.45) is 5.92 Å². The molecule has 10 heteroatoms. The maximum absolute atomic E-state index is 14.4. The molecule has 1 amide bonds. The van der Waals surface area contributed by atoms with E-state index >= 15 is 0 Å². The van der Waals surface area contributed by atoms with Crippen LogP contribution >= 0.6 is 0 Å². The zero-order valence-electron chi connectivity index (χ0n) is 19.0. The van der Waals surface area contributed by atoms with Gasteiger partial charge in [-0.2, -0.15) is 10.2 Å². The predicted molar refractivity (Wildman–Crippen MR) is 118 cm³/mol. The highest BCUT2D eigenvalue weighted by atomic mass is 19.1. The number of aromatic nitrogens is 5. The number of rotatable bonds is 5. The molecular formula is C23H27FN6O3. The smallest absolute Gasteiger partial charge is 0.250 e. The molecule has 0 N–H and O–H groups in total. The third-order valence-corrected chi connectivity index (χ3v) is 6.65. The van der Waals surface area contributed by atoms with Crippen LogP contribution in [-0.2, 0) is 22.4 Å². The van der Waals surface area contributed by atoms with E-state index in [0.717, 1.165) is 29.1 Å². The maximum atomic E-state index is 14.4. The van der Waals surface area contributed by atoms with Gasteiger partial charge in [0.25, 0.3) is 0 Å². The molecule has 3 aromatic rings. The fourth-order valence-corrected chi connectivity index (χ4v) is 4.70. The van der Waals surface area contributed by atoms with Crippen LogP contribution in [0.25, 0.3) is 16.9 Å². The van der Waals surface area contributed by atoms with E-state index in [1.54, 1.807) is 15.8 Å². The zero-order chi connectivity index (χ0) is 23.1. The minimum atomic E-state index is -0.539. The van der Waals surface area contributed by atoms with Gasteiger partial charge in [-0.1, -0.05) is 0 Å². The summed E-state index contributed by atoms with van der Waals surface area (Å²) in [5.74, 6) is -0.203. The molecule has 2 aliphatic heterocycles. The lowest BCUT2D eigenvalue weighted by Gasteiger charge is -2.18. The van der Waals surface area contributed by atoms with Gasteiger partial charge < -0.3 is 14.4 Å². The van der Waals surface area contributed by atoms with E-state index in [4.69, 9.17) is 14.6 Å². The molecule has 9 nitrogen and oxygen atoms in total. The van der Waals surface area contributed by atoms with Crippen molar-refractivity contribution in [3.05, 3.63) is 41.7 Å². The summed E-state index contributed by atoms with van der Waals surface area (Å²) in [5.41, 5.74) is 4.29. The lowest BCUT2D eigenvalue weighted by Crippen LogP contribution is -2.22. The first-order valence-corrected chi connectivity index (χ1v) is 11.1. The lowest BCUT2D eigenvalue weighted by atomic mass is 10.0. The summed E-state index contributed by atoms with van der Waals surface area (Å²) in [6.07, 6.45) is 7.26. The molecule has 5 rings (SSSR count). The summed E-state index contributed by atoms with van der Waals surface area (Å²) in [6, 6.07) is 1.46. The normalized spacial score (nSPS) is 19.5. The van der Waals surface area contributed by atoms with E-state index in [-0.39, 0.29) is 23.7 Å². The van der Waals surface area contributed by atoms with Crippen molar-refractivity contribution in [3.8, 4) is 22.8 Å². The monoisotopic (exact) mass is 454 g/mol. The van der Waals surface area contributed by atoms with Gasteiger partial charge in [-0.3, -0.25) is 9.48 Å². The molecule has 1 fully saturated rings. The maximum Gasteiger partial charge on any atom is 0.250 e. The zero-order valence-corrected chi connectivity index (χ0v) is 19.0. The van der Waals surface area contributed by atoms with Gasteiger partial charge in [-0.15, -0.1) is 0 Å². The van der Waals surface area contributed by atoms with Crippen LogP contribution < -0.4 is 4.74 Å². The van der Waals surface area contributed by atoms with E-state index in [1.807, 2.05) is 24.1 Å². The molecule has 2 aliphatic rings. The van der Waals surface area contributed by atoms with Gasteiger partial charge in [0.05, 0.1) is 55.8 Å². The fourth-order valence-electron chi connectivity index (χ4n) is 4.70. The molecule has 0 aromatic carbocycles. The molecule has 3 aromatic heterocycles. The van der Waals surface area contributed by atoms with Crippen molar-refractivity contribution >= 4 is 5.91 Å². The van der Waals surface area contributed by atoms with E-state index in [1.165, 1.54) is 13.2 Å². The molecular weight excluding hydrogens is 427 g/mol. The van der Waals surface area contributed by atoms with Crippen molar-refractivity contribution in [1.29, 1.82) is 0 Å². The third-order valence-electron chi connectivity index (χ3n) is 6.65. The Hall–Kier alpha value is -3.27. The number of amides is 1. The minimum absolute atomic E-state index is 0.0492. The first-order valence-electron chi connectivity index (χ1n) is 11.1. The number of pyridine rings is 1. The highest BCUT2D eigenvalue weighted by Gasteiger charge is 2.32. The number of hydrogen-bond donors (Lipinski definition) is 0. The highest BCUT2D eigenvalue weighted by molar-refractivity contribution is 5.78. The molecule has 33 heavy (non-hydrogen) atoms. The summed E-state index contributed by atoms with van der Waals surface area (Å²) in [5, 5.41) is 9.46. The average molecular weight is 455 g/mol. The van der Waals surface area contributed by atoms with Crippen molar-refractivity contribution < 1.29 is 18.7 Å². The quantitative estimate of drug-likeness (QED) is 0.589. The Morgan fingerprint density at radius 1 is 1.27 bits per heavy atom. The van der Waals surface area contributed by atoms with Crippen molar-refractivity contribution in [1.82, 2.24) is 29.4 Å². The summed E-state index contributed by atoms with van der Waals surface area (Å²) in [4.78, 5) is 17.8. The standard InChI is InChI=1S/C23H27FN6O3/c1-14(15-8-21(31)28(2)12-15)29-13-16(10-26-29)22-18-4-6-33-7-5-20(18)30(27-22)17-9-19(24)23(32-3)25-11-17/h9-11,13-15H,4-8,12H2,1-3H3. The van der Waals surface area contributed by atoms with Crippen LogP contribution in [-0.4, -0.2) is 69.3 Å². The number of halogens is 1. The predicted octanol–water partition coefficient (Wildman–Crippen LogP) is 2.43. The molecule has 5 heterocycles. The second-order valence-electron chi connectivity index (χ2n) is 8.67. The summed E-state index contributed by atoms with van der Waals surface area (Å²) >= 11 is 0. The number of nitrogens with zero attached hydrogens (tertiary/aromatic N) is 6. The minimum Gasteiger partial charge on any atom is -0.479 e. The number of methoxy groups -OCH3 is 1. The molecule has 0 aliphatic carbocycles. The average Bonchev–Trinajstić information content (AvgIpc) is 3.46. The van der Waals surface area contributed by atoms with Gasteiger partial charge in [-0.25, -0.2) is 14.1 Å². The second kappa shape index (κ2) is 8.58. The van der Waals surface area contributed by atoms with E-state index in [9.17, 15) is 9.18 Å². The molecule has 0 bridgehead atoms. The Balaban J connectivity index is 1.52. The Labute approximate surface area is 191 Å². The summed E-state index contributed by atoms with van der Waals surface area (Å²) in [6.45, 7) is 3.99. The van der Waals surface area contributed by atoms with Crippen LogP contribution in [0.15, 0.2) is 24.7 Å². The third kappa shape index (κ3) is 3.88. The van der Waals surface area contributed by atoms with Crippen molar-refractivity contribution in [2.45, 2.75) is 32.2 Å². The molecule has 1 saturated heterocycles. The van der Waals surface area contributed by atoms with E-state index in [2.05, 4.69) is 17.0 Å². The summed E-state index contributed by atoms with van der Waals surface area (Å²) < 4.78 is 28.7.